The van der Waals surface area contributed by atoms with E-state index in [1.165, 1.54) is 0 Å². The molecule has 164 valence electrons. The van der Waals surface area contributed by atoms with Crippen molar-refractivity contribution >= 4 is 41.8 Å². The predicted octanol–water partition coefficient (Wildman–Crippen LogP) is 0.420. The molecule has 0 bridgehead atoms. The number of amides is 1. The Hall–Kier alpha value is -1.56. The normalized spacial score (nSPS) is 18.0. The van der Waals surface area contributed by atoms with E-state index >= 15 is 0 Å². The Kier molecular flexibility index (Phi) is 9.00. The molecule has 0 aliphatic carbocycles. The van der Waals surface area contributed by atoms with Crippen LogP contribution in [0.1, 0.15) is 18.5 Å². The summed E-state index contributed by atoms with van der Waals surface area (Å²) < 4.78 is 2.09. The number of aliphatic imine (C=N–C) groups is 1. The highest BCUT2D eigenvalue weighted by Gasteiger charge is 2.24. The van der Waals surface area contributed by atoms with Gasteiger partial charge in [-0.1, -0.05) is 0 Å². The molecule has 1 N–H and O–H groups in total. The van der Waals surface area contributed by atoms with Crippen molar-refractivity contribution in [2.75, 3.05) is 71.9 Å². The number of nitrogens with one attached hydrogen (secondary N) is 1. The summed E-state index contributed by atoms with van der Waals surface area (Å²) in [6.45, 7) is 6.60. The van der Waals surface area contributed by atoms with Crippen molar-refractivity contribution in [3.05, 3.63) is 11.9 Å². The third-order valence-corrected chi connectivity index (χ3v) is 5.59. The minimum Gasteiger partial charge on any atom is -0.351 e. The fourth-order valence-electron chi connectivity index (χ4n) is 3.89. The molecule has 1 amide bonds. The van der Waals surface area contributed by atoms with E-state index in [1.807, 2.05) is 44.2 Å². The molecule has 0 atom stereocenters. The molecule has 1 aromatic rings. The lowest BCUT2D eigenvalue weighted by atomic mass is 10.3. The van der Waals surface area contributed by atoms with Crippen LogP contribution < -0.4 is 10.2 Å². The Balaban J connectivity index is 0.00000300. The van der Waals surface area contributed by atoms with Crippen LogP contribution in [0.15, 0.2) is 11.2 Å². The van der Waals surface area contributed by atoms with Crippen molar-refractivity contribution in [3.63, 3.8) is 0 Å². The van der Waals surface area contributed by atoms with Gasteiger partial charge in [-0.15, -0.1) is 24.0 Å². The summed E-state index contributed by atoms with van der Waals surface area (Å²) in [4.78, 5) is 29.8. The van der Waals surface area contributed by atoms with E-state index in [4.69, 9.17) is 0 Å². The Labute approximate surface area is 191 Å². The van der Waals surface area contributed by atoms with Crippen molar-refractivity contribution in [1.29, 1.82) is 0 Å². The highest BCUT2D eigenvalue weighted by atomic mass is 127. The SMILES string of the molecule is CN=C(NCc1cnc(N(C)C)n1C)N1CCN(CC(=O)N2CCCC2)CC1.I. The van der Waals surface area contributed by atoms with Crippen LogP contribution in [-0.2, 0) is 18.4 Å². The third-order valence-electron chi connectivity index (χ3n) is 5.59. The number of aromatic nitrogens is 2. The molecule has 0 unspecified atom stereocenters. The van der Waals surface area contributed by atoms with Gasteiger partial charge < -0.3 is 24.6 Å². The Morgan fingerprint density at radius 1 is 1.14 bits per heavy atom. The van der Waals surface area contributed by atoms with Crippen LogP contribution in [0.25, 0.3) is 0 Å². The van der Waals surface area contributed by atoms with E-state index < -0.39 is 0 Å². The molecule has 29 heavy (non-hydrogen) atoms. The van der Waals surface area contributed by atoms with Crippen LogP contribution in [0.5, 0.6) is 0 Å². The zero-order chi connectivity index (χ0) is 20.1. The molecule has 3 rings (SSSR count). The quantitative estimate of drug-likeness (QED) is 0.346. The molecule has 2 aliphatic heterocycles. The summed E-state index contributed by atoms with van der Waals surface area (Å²) >= 11 is 0. The average Bonchev–Trinajstić information content (AvgIpc) is 3.34. The first kappa shape index (κ1) is 23.7. The topological polar surface area (TPSA) is 72.2 Å². The molecule has 0 radical (unpaired) electrons. The number of likely N-dealkylation sites (tertiary alicyclic amines) is 1. The molecule has 10 heteroatoms. The molecule has 0 saturated carbocycles. The zero-order valence-electron chi connectivity index (χ0n) is 18.1. The lowest BCUT2D eigenvalue weighted by Gasteiger charge is -2.36. The van der Waals surface area contributed by atoms with Gasteiger partial charge in [0.15, 0.2) is 5.96 Å². The van der Waals surface area contributed by atoms with E-state index in [-0.39, 0.29) is 29.9 Å². The molecular formula is C19H35IN8O. The second-order valence-electron chi connectivity index (χ2n) is 7.75. The van der Waals surface area contributed by atoms with Gasteiger partial charge in [0, 0.05) is 67.5 Å². The van der Waals surface area contributed by atoms with Crippen LogP contribution in [0, 0.1) is 0 Å². The van der Waals surface area contributed by atoms with Gasteiger partial charge in [0.1, 0.15) is 0 Å². The van der Waals surface area contributed by atoms with Crippen LogP contribution in [-0.4, -0.2) is 103 Å². The van der Waals surface area contributed by atoms with Crippen molar-refractivity contribution in [2.24, 2.45) is 12.0 Å². The fraction of sp³-hybridized carbons (Fsp3) is 0.737. The Morgan fingerprint density at radius 2 is 1.79 bits per heavy atom. The number of rotatable bonds is 5. The number of carbonyl (C=O) groups excluding carboxylic acids is 1. The van der Waals surface area contributed by atoms with Crippen LogP contribution in [0.4, 0.5) is 5.95 Å². The number of halogens is 1. The number of hydrogen-bond acceptors (Lipinski definition) is 5. The maximum Gasteiger partial charge on any atom is 0.236 e. The maximum atomic E-state index is 12.3. The number of hydrogen-bond donors (Lipinski definition) is 1. The first-order chi connectivity index (χ1) is 13.5. The van der Waals surface area contributed by atoms with Gasteiger partial charge in [0.05, 0.1) is 25.0 Å². The van der Waals surface area contributed by atoms with Gasteiger partial charge >= 0.3 is 0 Å². The summed E-state index contributed by atoms with van der Waals surface area (Å²) in [7, 11) is 7.83. The second-order valence-corrected chi connectivity index (χ2v) is 7.75. The smallest absolute Gasteiger partial charge is 0.236 e. The number of piperazine rings is 1. The molecule has 0 spiro atoms. The van der Waals surface area contributed by atoms with Crippen LogP contribution in [0.3, 0.4) is 0 Å². The zero-order valence-corrected chi connectivity index (χ0v) is 20.4. The number of nitrogens with zero attached hydrogens (tertiary/aromatic N) is 7. The first-order valence-corrected chi connectivity index (χ1v) is 10.1. The Bertz CT molecular complexity index is 690. The molecule has 3 heterocycles. The minimum absolute atomic E-state index is 0. The van der Waals surface area contributed by atoms with Crippen molar-refractivity contribution in [3.8, 4) is 0 Å². The van der Waals surface area contributed by atoms with E-state index in [0.717, 1.165) is 69.7 Å². The monoisotopic (exact) mass is 518 g/mol. The van der Waals surface area contributed by atoms with E-state index in [9.17, 15) is 4.79 Å². The minimum atomic E-state index is 0. The Morgan fingerprint density at radius 3 is 2.34 bits per heavy atom. The summed E-state index contributed by atoms with van der Waals surface area (Å²) in [5.74, 6) is 2.11. The second kappa shape index (κ2) is 11.0. The van der Waals surface area contributed by atoms with Crippen molar-refractivity contribution < 1.29 is 4.79 Å². The number of guanidine groups is 1. The van der Waals surface area contributed by atoms with Gasteiger partial charge in [-0.25, -0.2) is 4.98 Å². The highest BCUT2D eigenvalue weighted by molar-refractivity contribution is 14.0. The van der Waals surface area contributed by atoms with E-state index in [0.29, 0.717) is 13.1 Å². The largest absolute Gasteiger partial charge is 0.351 e. The lowest BCUT2D eigenvalue weighted by molar-refractivity contribution is -0.131. The predicted molar refractivity (Wildman–Crippen MR) is 127 cm³/mol. The highest BCUT2D eigenvalue weighted by Crippen LogP contribution is 2.12. The summed E-state index contributed by atoms with van der Waals surface area (Å²) in [6.07, 6.45) is 4.19. The summed E-state index contributed by atoms with van der Waals surface area (Å²) in [5.41, 5.74) is 1.11. The van der Waals surface area contributed by atoms with Crippen LogP contribution in [0.2, 0.25) is 0 Å². The fourth-order valence-corrected chi connectivity index (χ4v) is 3.89. The number of carbonyl (C=O) groups is 1. The maximum absolute atomic E-state index is 12.3. The molecule has 2 saturated heterocycles. The lowest BCUT2D eigenvalue weighted by Crippen LogP contribution is -2.54. The molecular weight excluding hydrogens is 483 g/mol. The van der Waals surface area contributed by atoms with Gasteiger partial charge in [-0.2, -0.15) is 0 Å². The van der Waals surface area contributed by atoms with Crippen LogP contribution >= 0.6 is 24.0 Å². The third kappa shape index (κ3) is 5.97. The first-order valence-electron chi connectivity index (χ1n) is 10.1. The standard InChI is InChI=1S/C19H34N8O.HI/c1-20-18(21-13-16-14-22-19(23(2)3)24(16)4)27-11-9-25(10-12-27)15-17(28)26-7-5-6-8-26;/h14H,5-13,15H2,1-4H3,(H,20,21);1H. The van der Waals surface area contributed by atoms with Crippen molar-refractivity contribution in [2.45, 2.75) is 19.4 Å². The molecule has 2 fully saturated rings. The number of imidazole rings is 1. The van der Waals surface area contributed by atoms with E-state index in [2.05, 4.69) is 29.7 Å². The molecule has 1 aromatic heterocycles. The van der Waals surface area contributed by atoms with Gasteiger partial charge in [0.2, 0.25) is 11.9 Å². The summed E-state index contributed by atoms with van der Waals surface area (Å²) in [5, 5.41) is 3.45. The van der Waals surface area contributed by atoms with Gasteiger partial charge in [-0.05, 0) is 12.8 Å². The number of anilines is 1. The van der Waals surface area contributed by atoms with E-state index in [1.54, 1.807) is 0 Å². The molecule has 0 aromatic carbocycles. The molecule has 9 nitrogen and oxygen atoms in total. The van der Waals surface area contributed by atoms with Gasteiger partial charge in [-0.3, -0.25) is 14.7 Å². The molecule has 2 aliphatic rings. The van der Waals surface area contributed by atoms with Crippen molar-refractivity contribution in [1.82, 2.24) is 29.6 Å². The van der Waals surface area contributed by atoms with Gasteiger partial charge in [0.25, 0.3) is 0 Å². The summed E-state index contributed by atoms with van der Waals surface area (Å²) in [6, 6.07) is 0. The average molecular weight is 518 g/mol.